The summed E-state index contributed by atoms with van der Waals surface area (Å²) in [6.45, 7) is 3.63. The molecule has 0 radical (unpaired) electrons. The number of hydroxylamine groups is 1. The van der Waals surface area contributed by atoms with Crippen LogP contribution in [-0.2, 0) is 4.84 Å². The van der Waals surface area contributed by atoms with Crippen LogP contribution in [0.5, 0.6) is 0 Å². The Morgan fingerprint density at radius 1 is 1.64 bits per heavy atom. The third-order valence-corrected chi connectivity index (χ3v) is 1.23. The summed E-state index contributed by atoms with van der Waals surface area (Å²) in [6.07, 6.45) is 0. The van der Waals surface area contributed by atoms with Crippen molar-refractivity contribution in [3.63, 3.8) is 0 Å². The largest absolute Gasteiger partial charge is 0.340 e. The average Bonchev–Trinajstić information content (AvgIpc) is 2.36. The molecule has 0 fully saturated rings. The zero-order valence-electron chi connectivity index (χ0n) is 6.79. The van der Waals surface area contributed by atoms with E-state index in [-0.39, 0.29) is 6.04 Å². The molecule has 11 heavy (non-hydrogen) atoms. The van der Waals surface area contributed by atoms with Crippen LogP contribution in [0.2, 0.25) is 0 Å². The predicted octanol–water partition coefficient (Wildman–Crippen LogP) is 0.590. The molecule has 1 rings (SSSR count). The fourth-order valence-electron chi connectivity index (χ4n) is 0.720. The number of aromatic nitrogens is 2. The van der Waals surface area contributed by atoms with E-state index in [0.29, 0.717) is 11.7 Å². The molecule has 0 spiro atoms. The first kappa shape index (κ1) is 8.16. The van der Waals surface area contributed by atoms with E-state index in [1.807, 2.05) is 6.92 Å². The molecule has 0 aliphatic heterocycles. The molecule has 0 amide bonds. The van der Waals surface area contributed by atoms with E-state index >= 15 is 0 Å². The maximum absolute atomic E-state index is 4.78. The monoisotopic (exact) mass is 157 g/mol. The smallest absolute Gasteiger partial charge is 0.223 e. The van der Waals surface area contributed by atoms with Gasteiger partial charge >= 0.3 is 0 Å². The van der Waals surface area contributed by atoms with Crippen LogP contribution in [0.4, 0.5) is 0 Å². The maximum atomic E-state index is 4.78. The van der Waals surface area contributed by atoms with Crippen molar-refractivity contribution >= 4 is 0 Å². The first-order valence-corrected chi connectivity index (χ1v) is 3.32. The van der Waals surface area contributed by atoms with Gasteiger partial charge in [0.15, 0.2) is 5.82 Å². The topological polar surface area (TPSA) is 60.2 Å². The first-order chi connectivity index (χ1) is 5.24. The van der Waals surface area contributed by atoms with E-state index in [1.165, 1.54) is 0 Å². The molecule has 0 saturated carbocycles. The van der Waals surface area contributed by atoms with Crippen LogP contribution in [0.1, 0.15) is 24.7 Å². The van der Waals surface area contributed by atoms with Crippen LogP contribution in [0.15, 0.2) is 4.52 Å². The van der Waals surface area contributed by atoms with Gasteiger partial charge in [0.2, 0.25) is 5.89 Å². The third-order valence-electron chi connectivity index (χ3n) is 1.23. The molecular formula is C6H11N3O2. The highest BCUT2D eigenvalue weighted by Crippen LogP contribution is 2.06. The average molecular weight is 157 g/mol. The molecule has 0 aliphatic rings. The Labute approximate surface area is 64.7 Å². The van der Waals surface area contributed by atoms with Crippen molar-refractivity contribution in [2.24, 2.45) is 0 Å². The van der Waals surface area contributed by atoms with Gasteiger partial charge in [-0.15, -0.1) is 0 Å². The van der Waals surface area contributed by atoms with Gasteiger partial charge in [-0.3, -0.25) is 0 Å². The van der Waals surface area contributed by atoms with Crippen LogP contribution in [0.3, 0.4) is 0 Å². The van der Waals surface area contributed by atoms with Crippen LogP contribution in [0.25, 0.3) is 0 Å². The van der Waals surface area contributed by atoms with Crippen molar-refractivity contribution < 1.29 is 9.36 Å². The Bertz CT molecular complexity index is 223. The Balaban J connectivity index is 2.60. The standard InChI is InChI=1S/C6H11N3O2/c1-4(8-10-3)6-7-5(2)11-9-6/h4,8H,1-3H3. The SMILES string of the molecule is CONC(C)c1noc(C)n1. The predicted molar refractivity (Wildman–Crippen MR) is 37.6 cm³/mol. The summed E-state index contributed by atoms with van der Waals surface area (Å²) in [5.41, 5.74) is 2.69. The lowest BCUT2D eigenvalue weighted by atomic mass is 10.3. The molecule has 0 bridgehead atoms. The molecule has 1 aromatic rings. The molecule has 1 unspecified atom stereocenters. The molecule has 1 atom stereocenters. The van der Waals surface area contributed by atoms with Gasteiger partial charge in [0.05, 0.1) is 13.2 Å². The molecule has 5 heteroatoms. The quantitative estimate of drug-likeness (QED) is 0.650. The van der Waals surface area contributed by atoms with E-state index in [0.717, 1.165) is 0 Å². The second kappa shape index (κ2) is 3.45. The molecule has 0 aromatic carbocycles. The second-order valence-electron chi connectivity index (χ2n) is 2.22. The molecule has 1 N–H and O–H groups in total. The number of nitrogens with zero attached hydrogens (tertiary/aromatic N) is 2. The van der Waals surface area contributed by atoms with Crippen molar-refractivity contribution in [2.45, 2.75) is 19.9 Å². The van der Waals surface area contributed by atoms with E-state index in [4.69, 9.17) is 9.36 Å². The fourth-order valence-corrected chi connectivity index (χ4v) is 0.720. The van der Waals surface area contributed by atoms with Crippen molar-refractivity contribution in [3.05, 3.63) is 11.7 Å². The van der Waals surface area contributed by atoms with Crippen molar-refractivity contribution in [2.75, 3.05) is 7.11 Å². The summed E-state index contributed by atoms with van der Waals surface area (Å²) < 4.78 is 4.78. The number of rotatable bonds is 3. The fraction of sp³-hybridized carbons (Fsp3) is 0.667. The lowest BCUT2D eigenvalue weighted by molar-refractivity contribution is 0.0627. The third kappa shape index (κ3) is 1.99. The maximum Gasteiger partial charge on any atom is 0.223 e. The minimum atomic E-state index is -0.0440. The van der Waals surface area contributed by atoms with Gasteiger partial charge in [0.25, 0.3) is 0 Å². The van der Waals surface area contributed by atoms with E-state index in [1.54, 1.807) is 14.0 Å². The van der Waals surface area contributed by atoms with Crippen molar-refractivity contribution in [3.8, 4) is 0 Å². The van der Waals surface area contributed by atoms with E-state index < -0.39 is 0 Å². The van der Waals surface area contributed by atoms with Gasteiger partial charge in [-0.05, 0) is 6.92 Å². The molecule has 0 saturated heterocycles. The zero-order chi connectivity index (χ0) is 8.27. The van der Waals surface area contributed by atoms with Crippen molar-refractivity contribution in [1.82, 2.24) is 15.6 Å². The summed E-state index contributed by atoms with van der Waals surface area (Å²) in [6, 6.07) is -0.0440. The van der Waals surface area contributed by atoms with Gasteiger partial charge in [-0.1, -0.05) is 5.16 Å². The summed E-state index contributed by atoms with van der Waals surface area (Å²) >= 11 is 0. The molecule has 1 aromatic heterocycles. The lowest BCUT2D eigenvalue weighted by Crippen LogP contribution is -2.17. The van der Waals surface area contributed by atoms with Crippen LogP contribution in [-0.4, -0.2) is 17.3 Å². The Hall–Kier alpha value is -0.940. The molecule has 0 aliphatic carbocycles. The Morgan fingerprint density at radius 3 is 2.82 bits per heavy atom. The highest BCUT2D eigenvalue weighted by Gasteiger charge is 2.10. The van der Waals surface area contributed by atoms with Crippen molar-refractivity contribution in [1.29, 1.82) is 0 Å². The first-order valence-electron chi connectivity index (χ1n) is 3.32. The van der Waals surface area contributed by atoms with Gasteiger partial charge in [0.1, 0.15) is 0 Å². The zero-order valence-corrected chi connectivity index (χ0v) is 6.79. The highest BCUT2D eigenvalue weighted by molar-refractivity contribution is 4.89. The normalized spacial score (nSPS) is 13.4. The van der Waals surface area contributed by atoms with Crippen LogP contribution < -0.4 is 5.48 Å². The van der Waals surface area contributed by atoms with E-state index in [9.17, 15) is 0 Å². The molecule has 62 valence electrons. The van der Waals surface area contributed by atoms with Gasteiger partial charge in [-0.2, -0.15) is 10.5 Å². The van der Waals surface area contributed by atoms with Crippen LogP contribution >= 0.6 is 0 Å². The number of aryl methyl sites for hydroxylation is 1. The number of hydrogen-bond acceptors (Lipinski definition) is 5. The minimum Gasteiger partial charge on any atom is -0.340 e. The molecule has 1 heterocycles. The number of nitrogens with one attached hydrogen (secondary N) is 1. The van der Waals surface area contributed by atoms with E-state index in [2.05, 4.69) is 15.6 Å². The molecule has 5 nitrogen and oxygen atoms in total. The lowest BCUT2D eigenvalue weighted by Gasteiger charge is -2.04. The molecular weight excluding hydrogens is 146 g/mol. The summed E-state index contributed by atoms with van der Waals surface area (Å²) in [7, 11) is 1.55. The minimum absolute atomic E-state index is 0.0440. The summed E-state index contributed by atoms with van der Waals surface area (Å²) in [4.78, 5) is 8.70. The van der Waals surface area contributed by atoms with Crippen LogP contribution in [0, 0.1) is 6.92 Å². The van der Waals surface area contributed by atoms with Gasteiger partial charge in [-0.25, -0.2) is 0 Å². The van der Waals surface area contributed by atoms with Gasteiger partial charge in [0, 0.05) is 6.92 Å². The second-order valence-corrected chi connectivity index (χ2v) is 2.22. The summed E-state index contributed by atoms with van der Waals surface area (Å²) in [5.74, 6) is 1.16. The number of hydrogen-bond donors (Lipinski definition) is 1. The summed E-state index contributed by atoms with van der Waals surface area (Å²) in [5, 5.41) is 3.71. The highest BCUT2D eigenvalue weighted by atomic mass is 16.6. The van der Waals surface area contributed by atoms with Gasteiger partial charge < -0.3 is 9.36 Å². The Kier molecular flexibility index (Phi) is 2.56. The Morgan fingerprint density at radius 2 is 2.36 bits per heavy atom.